The van der Waals surface area contributed by atoms with Crippen molar-refractivity contribution in [3.63, 3.8) is 0 Å². The normalized spacial score (nSPS) is 15.5. The van der Waals surface area contributed by atoms with Crippen LogP contribution in [0.4, 0.5) is 11.4 Å². The third kappa shape index (κ3) is 2.29. The zero-order valence-electron chi connectivity index (χ0n) is 11.0. The summed E-state index contributed by atoms with van der Waals surface area (Å²) in [5.41, 5.74) is 3.33. The van der Waals surface area contributed by atoms with E-state index in [-0.39, 0.29) is 0 Å². The van der Waals surface area contributed by atoms with Gasteiger partial charge < -0.3 is 4.90 Å². The molecule has 0 aromatic heterocycles. The summed E-state index contributed by atoms with van der Waals surface area (Å²) in [6.07, 6.45) is 0. The highest BCUT2D eigenvalue weighted by Crippen LogP contribution is 2.35. The second-order valence-corrected chi connectivity index (χ2v) is 5.06. The van der Waals surface area contributed by atoms with Gasteiger partial charge in [-0.3, -0.25) is 5.21 Å². The van der Waals surface area contributed by atoms with Crippen LogP contribution in [0.5, 0.6) is 0 Å². The maximum atomic E-state index is 9.93. The van der Waals surface area contributed by atoms with E-state index in [1.54, 1.807) is 0 Å². The minimum atomic E-state index is 0.431. The highest BCUT2D eigenvalue weighted by atomic mass is 16.5. The van der Waals surface area contributed by atoms with Gasteiger partial charge in [-0.15, -0.1) is 0 Å². The highest BCUT2D eigenvalue weighted by Gasteiger charge is 2.25. The first-order valence-electron chi connectivity index (χ1n) is 6.61. The Balaban J connectivity index is 1.79. The van der Waals surface area contributed by atoms with Crippen LogP contribution in [0.25, 0.3) is 0 Å². The number of nitrogens with zero attached hydrogens (tertiary/aromatic N) is 2. The third-order valence-corrected chi connectivity index (χ3v) is 3.67. The van der Waals surface area contributed by atoms with E-state index in [0.29, 0.717) is 12.6 Å². The Bertz CT molecular complexity index is 556. The molecule has 3 rings (SSSR count). The number of para-hydroxylation sites is 2. The average Bonchev–Trinajstić information content (AvgIpc) is 2.77. The number of hydroxylamine groups is 1. The number of fused-ring (bicyclic) bond motifs is 1. The second-order valence-electron chi connectivity index (χ2n) is 5.06. The first-order chi connectivity index (χ1) is 9.25. The molecule has 0 fully saturated rings. The van der Waals surface area contributed by atoms with E-state index in [1.165, 1.54) is 10.6 Å². The molecule has 1 unspecified atom stereocenters. The summed E-state index contributed by atoms with van der Waals surface area (Å²) in [7, 11) is 0. The fraction of sp³-hybridized carbons (Fsp3) is 0.250. The van der Waals surface area contributed by atoms with Gasteiger partial charge in [0.15, 0.2) is 0 Å². The van der Waals surface area contributed by atoms with E-state index in [4.69, 9.17) is 0 Å². The molecule has 19 heavy (non-hydrogen) atoms. The first kappa shape index (κ1) is 12.1. The minimum absolute atomic E-state index is 0.431. The minimum Gasteiger partial charge on any atom is -0.349 e. The molecule has 1 N–H and O–H groups in total. The Kier molecular flexibility index (Phi) is 3.13. The quantitative estimate of drug-likeness (QED) is 0.908. The Morgan fingerprint density at radius 2 is 1.63 bits per heavy atom. The number of anilines is 2. The summed E-state index contributed by atoms with van der Waals surface area (Å²) in [4.78, 5) is 2.22. The molecule has 1 atom stereocenters. The molecule has 0 saturated carbocycles. The van der Waals surface area contributed by atoms with E-state index in [9.17, 15) is 5.21 Å². The monoisotopic (exact) mass is 254 g/mol. The number of benzene rings is 2. The zero-order valence-corrected chi connectivity index (χ0v) is 11.0. The molecule has 0 spiro atoms. The van der Waals surface area contributed by atoms with Gasteiger partial charge in [-0.25, -0.2) is 5.06 Å². The Labute approximate surface area is 113 Å². The molecular weight excluding hydrogens is 236 g/mol. The number of rotatable bonds is 3. The molecule has 0 bridgehead atoms. The highest BCUT2D eigenvalue weighted by molar-refractivity contribution is 5.74. The fourth-order valence-corrected chi connectivity index (χ4v) is 2.64. The fourth-order valence-electron chi connectivity index (χ4n) is 2.64. The topological polar surface area (TPSA) is 26.7 Å². The summed E-state index contributed by atoms with van der Waals surface area (Å²) in [6, 6.07) is 18.5. The van der Waals surface area contributed by atoms with Crippen molar-refractivity contribution < 1.29 is 5.21 Å². The van der Waals surface area contributed by atoms with Crippen LogP contribution in [0, 0.1) is 0 Å². The average molecular weight is 254 g/mol. The zero-order chi connectivity index (χ0) is 13.2. The van der Waals surface area contributed by atoms with Crippen LogP contribution in [-0.2, 0) is 0 Å². The molecule has 0 aliphatic carbocycles. The van der Waals surface area contributed by atoms with Crippen LogP contribution in [0.2, 0.25) is 0 Å². The van der Waals surface area contributed by atoms with Crippen LogP contribution < -0.4 is 9.96 Å². The summed E-state index contributed by atoms with van der Waals surface area (Å²) in [5, 5.41) is 11.2. The lowest BCUT2D eigenvalue weighted by Gasteiger charge is -2.23. The third-order valence-electron chi connectivity index (χ3n) is 3.67. The summed E-state index contributed by atoms with van der Waals surface area (Å²) < 4.78 is 0. The van der Waals surface area contributed by atoms with Crippen LogP contribution >= 0.6 is 0 Å². The molecule has 0 saturated heterocycles. The van der Waals surface area contributed by atoms with Gasteiger partial charge in [0.25, 0.3) is 0 Å². The molecule has 1 heterocycles. The maximum absolute atomic E-state index is 9.93. The molecule has 98 valence electrons. The van der Waals surface area contributed by atoms with E-state index in [0.717, 1.165) is 17.9 Å². The van der Waals surface area contributed by atoms with Crippen molar-refractivity contribution in [2.45, 2.75) is 12.8 Å². The summed E-state index contributed by atoms with van der Waals surface area (Å²) in [5.74, 6) is 0.431. The maximum Gasteiger partial charge on any atom is 0.116 e. The SMILES string of the molecule is CC(CN1CN(O)c2ccccc21)c1ccccc1. The Morgan fingerprint density at radius 3 is 2.37 bits per heavy atom. The van der Waals surface area contributed by atoms with Gasteiger partial charge in [0.05, 0.1) is 11.4 Å². The van der Waals surface area contributed by atoms with Gasteiger partial charge in [0.2, 0.25) is 0 Å². The van der Waals surface area contributed by atoms with Gasteiger partial charge >= 0.3 is 0 Å². The molecule has 0 amide bonds. The molecule has 2 aromatic rings. The van der Waals surface area contributed by atoms with Crippen molar-refractivity contribution in [1.29, 1.82) is 0 Å². The van der Waals surface area contributed by atoms with Crippen LogP contribution in [0.3, 0.4) is 0 Å². The Hall–Kier alpha value is -2.00. The lowest BCUT2D eigenvalue weighted by Crippen LogP contribution is -2.31. The van der Waals surface area contributed by atoms with Crippen molar-refractivity contribution in [1.82, 2.24) is 0 Å². The van der Waals surface area contributed by atoms with Gasteiger partial charge in [-0.2, -0.15) is 0 Å². The molecule has 3 heteroatoms. The van der Waals surface area contributed by atoms with Crippen molar-refractivity contribution in [3.05, 3.63) is 60.2 Å². The van der Waals surface area contributed by atoms with Crippen molar-refractivity contribution in [2.24, 2.45) is 0 Å². The summed E-state index contributed by atoms with van der Waals surface area (Å²) in [6.45, 7) is 3.66. The van der Waals surface area contributed by atoms with E-state index >= 15 is 0 Å². The largest absolute Gasteiger partial charge is 0.349 e. The smallest absolute Gasteiger partial charge is 0.116 e. The summed E-state index contributed by atoms with van der Waals surface area (Å²) >= 11 is 0. The predicted molar refractivity (Wildman–Crippen MR) is 77.8 cm³/mol. The molecule has 1 aliphatic heterocycles. The van der Waals surface area contributed by atoms with Gasteiger partial charge in [0.1, 0.15) is 6.67 Å². The number of hydrogen-bond acceptors (Lipinski definition) is 3. The molecular formula is C16H18N2O. The second kappa shape index (κ2) is 4.94. The van der Waals surface area contributed by atoms with Crippen molar-refractivity contribution in [3.8, 4) is 0 Å². The van der Waals surface area contributed by atoms with E-state index in [1.807, 2.05) is 24.3 Å². The van der Waals surface area contributed by atoms with E-state index < -0.39 is 0 Å². The van der Waals surface area contributed by atoms with Crippen LogP contribution in [0.15, 0.2) is 54.6 Å². The lowest BCUT2D eigenvalue weighted by molar-refractivity contribution is 0.262. The van der Waals surface area contributed by atoms with Crippen LogP contribution in [-0.4, -0.2) is 18.4 Å². The number of hydrogen-bond donors (Lipinski definition) is 1. The van der Waals surface area contributed by atoms with E-state index in [2.05, 4.69) is 42.2 Å². The first-order valence-corrected chi connectivity index (χ1v) is 6.61. The lowest BCUT2D eigenvalue weighted by atomic mass is 10.0. The standard InChI is InChI=1S/C16H18N2O/c1-13(14-7-3-2-4-8-14)11-17-12-18(19)16-10-6-5-9-15(16)17/h2-10,13,19H,11-12H2,1H3. The Morgan fingerprint density at radius 1 is 1.00 bits per heavy atom. The van der Waals surface area contributed by atoms with Gasteiger partial charge in [-0.1, -0.05) is 49.4 Å². The van der Waals surface area contributed by atoms with Gasteiger partial charge in [0, 0.05) is 6.54 Å². The van der Waals surface area contributed by atoms with Crippen LogP contribution in [0.1, 0.15) is 18.4 Å². The van der Waals surface area contributed by atoms with Crippen molar-refractivity contribution in [2.75, 3.05) is 23.2 Å². The molecule has 2 aromatic carbocycles. The van der Waals surface area contributed by atoms with Gasteiger partial charge in [-0.05, 0) is 23.6 Å². The molecule has 3 nitrogen and oxygen atoms in total. The van der Waals surface area contributed by atoms with Crippen molar-refractivity contribution >= 4 is 11.4 Å². The molecule has 1 aliphatic rings. The predicted octanol–water partition coefficient (Wildman–Crippen LogP) is 3.46. The molecule has 0 radical (unpaired) electrons.